The van der Waals surface area contributed by atoms with E-state index in [-0.39, 0.29) is 19.2 Å². The molecule has 0 aliphatic rings. The fourth-order valence-electron chi connectivity index (χ4n) is 0.601. The molecule has 0 amide bonds. The van der Waals surface area contributed by atoms with Crippen molar-refractivity contribution in [3.8, 4) is 6.07 Å². The van der Waals surface area contributed by atoms with Crippen molar-refractivity contribution in [2.45, 2.75) is 13.3 Å². The number of rotatable bonds is 5. The van der Waals surface area contributed by atoms with Crippen LogP contribution >= 0.6 is 0 Å². The monoisotopic (exact) mass is 197 g/mol. The molecule has 76 valence electrons. The Kier molecular flexibility index (Phi) is 6.78. The quantitative estimate of drug-likeness (QED) is 0.278. The van der Waals surface area contributed by atoms with Gasteiger partial charge in [0, 0.05) is 25.5 Å². The predicted octanol–water partition coefficient (Wildman–Crippen LogP) is 0.563. The van der Waals surface area contributed by atoms with Crippen LogP contribution in [0.1, 0.15) is 13.3 Å². The summed E-state index contributed by atoms with van der Waals surface area (Å²) >= 11 is 0. The van der Waals surface area contributed by atoms with Crippen molar-refractivity contribution in [3.63, 3.8) is 0 Å². The lowest BCUT2D eigenvalue weighted by Crippen LogP contribution is -2.07. The minimum absolute atomic E-state index is 0.169. The van der Waals surface area contributed by atoms with Gasteiger partial charge in [-0.25, -0.2) is 4.79 Å². The van der Waals surface area contributed by atoms with E-state index in [0.717, 1.165) is 12.2 Å². The van der Waals surface area contributed by atoms with Crippen molar-refractivity contribution in [3.05, 3.63) is 12.2 Å². The Hall–Kier alpha value is -1.83. The van der Waals surface area contributed by atoms with Crippen molar-refractivity contribution >= 4 is 11.9 Å². The highest BCUT2D eigenvalue weighted by molar-refractivity contribution is 5.82. The lowest BCUT2D eigenvalue weighted by molar-refractivity contribution is -0.142. The zero-order valence-corrected chi connectivity index (χ0v) is 7.86. The van der Waals surface area contributed by atoms with Gasteiger partial charge in [-0.15, -0.1) is 0 Å². The largest absolute Gasteiger partial charge is 0.466 e. The van der Waals surface area contributed by atoms with Crippen molar-refractivity contribution in [1.82, 2.24) is 0 Å². The maximum Gasteiger partial charge on any atom is 0.331 e. The number of carbonyl (C=O) groups is 2. The summed E-state index contributed by atoms with van der Waals surface area (Å²) in [6, 6.07) is 1.66. The van der Waals surface area contributed by atoms with Crippen molar-refractivity contribution in [2.75, 3.05) is 13.2 Å². The first-order chi connectivity index (χ1) is 6.66. The van der Waals surface area contributed by atoms with Gasteiger partial charge in [-0.2, -0.15) is 5.26 Å². The number of ether oxygens (including phenoxy) is 2. The maximum absolute atomic E-state index is 10.7. The summed E-state index contributed by atoms with van der Waals surface area (Å²) < 4.78 is 9.26. The third-order valence-corrected chi connectivity index (χ3v) is 1.13. The van der Waals surface area contributed by atoms with Gasteiger partial charge in [-0.3, -0.25) is 4.79 Å². The summed E-state index contributed by atoms with van der Waals surface area (Å²) in [4.78, 5) is 21.0. The smallest absolute Gasteiger partial charge is 0.331 e. The molecule has 0 saturated heterocycles. The topological polar surface area (TPSA) is 76.4 Å². The number of allylic oxidation sites excluding steroid dienone is 1. The van der Waals surface area contributed by atoms with E-state index < -0.39 is 5.97 Å². The highest BCUT2D eigenvalue weighted by Crippen LogP contribution is 1.88. The standard InChI is InChI=1S/C9H11NO4/c1-8(11)13-6-3-7-14-9(12)4-2-5-10/h2,4H,3,6-7H2,1H3. The maximum atomic E-state index is 10.7. The highest BCUT2D eigenvalue weighted by Gasteiger charge is 1.97. The summed E-state index contributed by atoms with van der Waals surface area (Å²) in [6.07, 6.45) is 2.52. The second kappa shape index (κ2) is 7.80. The van der Waals surface area contributed by atoms with Crippen LogP contribution in [0, 0.1) is 11.3 Å². The van der Waals surface area contributed by atoms with Crippen LogP contribution in [0.4, 0.5) is 0 Å². The van der Waals surface area contributed by atoms with Gasteiger partial charge < -0.3 is 9.47 Å². The second-order valence-electron chi connectivity index (χ2n) is 2.32. The van der Waals surface area contributed by atoms with Gasteiger partial charge in [0.15, 0.2) is 0 Å². The minimum Gasteiger partial charge on any atom is -0.466 e. The van der Waals surface area contributed by atoms with Crippen LogP contribution < -0.4 is 0 Å². The predicted molar refractivity (Wildman–Crippen MR) is 47.0 cm³/mol. The van der Waals surface area contributed by atoms with Crippen LogP contribution in [-0.2, 0) is 19.1 Å². The SMILES string of the molecule is CC(=O)OCCCOC(=O)C=CC#N. The third kappa shape index (κ3) is 8.27. The van der Waals surface area contributed by atoms with Gasteiger partial charge in [0.25, 0.3) is 0 Å². The first-order valence-corrected chi connectivity index (χ1v) is 4.03. The average molecular weight is 197 g/mol. The van der Waals surface area contributed by atoms with E-state index in [1.165, 1.54) is 6.92 Å². The third-order valence-electron chi connectivity index (χ3n) is 1.13. The number of nitriles is 1. The van der Waals surface area contributed by atoms with Crippen LogP contribution in [0.5, 0.6) is 0 Å². The molecule has 5 heteroatoms. The van der Waals surface area contributed by atoms with Gasteiger partial charge in [0.2, 0.25) is 0 Å². The summed E-state index contributed by atoms with van der Waals surface area (Å²) in [5.41, 5.74) is 0. The zero-order chi connectivity index (χ0) is 10.8. The van der Waals surface area contributed by atoms with E-state index in [2.05, 4.69) is 9.47 Å². The highest BCUT2D eigenvalue weighted by atomic mass is 16.5. The Bertz CT molecular complexity index is 264. The molecule has 0 spiro atoms. The Morgan fingerprint density at radius 3 is 2.57 bits per heavy atom. The zero-order valence-electron chi connectivity index (χ0n) is 7.86. The molecule has 0 heterocycles. The molecule has 5 nitrogen and oxygen atoms in total. The fourth-order valence-corrected chi connectivity index (χ4v) is 0.601. The number of esters is 2. The molecule has 0 atom stereocenters. The van der Waals surface area contributed by atoms with Gasteiger partial charge in [-0.1, -0.05) is 0 Å². The molecule has 0 rings (SSSR count). The van der Waals surface area contributed by atoms with Crippen molar-refractivity contribution in [2.24, 2.45) is 0 Å². The lowest BCUT2D eigenvalue weighted by atomic mass is 10.5. The van der Waals surface area contributed by atoms with E-state index >= 15 is 0 Å². The molecule has 0 unspecified atom stereocenters. The fraction of sp³-hybridized carbons (Fsp3) is 0.444. The van der Waals surface area contributed by atoms with Crippen LogP contribution in [0.15, 0.2) is 12.2 Å². The molecule has 0 radical (unpaired) electrons. The number of hydrogen-bond donors (Lipinski definition) is 0. The van der Waals surface area contributed by atoms with Gasteiger partial charge in [0.1, 0.15) is 0 Å². The molecule has 0 N–H and O–H groups in total. The molecule has 0 fully saturated rings. The Morgan fingerprint density at radius 2 is 2.00 bits per heavy atom. The van der Waals surface area contributed by atoms with Gasteiger partial charge >= 0.3 is 11.9 Å². The van der Waals surface area contributed by atoms with Gasteiger partial charge in [-0.05, 0) is 0 Å². The molecule has 0 aliphatic heterocycles. The molecule has 0 saturated carbocycles. The Morgan fingerprint density at radius 1 is 1.36 bits per heavy atom. The molecule has 0 aliphatic carbocycles. The van der Waals surface area contributed by atoms with E-state index in [0.29, 0.717) is 6.42 Å². The van der Waals surface area contributed by atoms with Gasteiger partial charge in [0.05, 0.1) is 19.3 Å². The van der Waals surface area contributed by atoms with Crippen LogP contribution in [0.2, 0.25) is 0 Å². The van der Waals surface area contributed by atoms with E-state index in [1.54, 1.807) is 6.07 Å². The number of nitrogens with zero attached hydrogens (tertiary/aromatic N) is 1. The normalized spacial score (nSPS) is 9.43. The minimum atomic E-state index is -0.575. The van der Waals surface area contributed by atoms with Crippen molar-refractivity contribution < 1.29 is 19.1 Å². The number of carbonyl (C=O) groups excluding carboxylic acids is 2. The molecule has 14 heavy (non-hydrogen) atoms. The van der Waals surface area contributed by atoms with Crippen LogP contribution in [0.25, 0.3) is 0 Å². The summed E-state index contributed by atoms with van der Waals surface area (Å²) in [6.45, 7) is 1.70. The van der Waals surface area contributed by atoms with E-state index in [4.69, 9.17) is 5.26 Å². The van der Waals surface area contributed by atoms with E-state index in [9.17, 15) is 9.59 Å². The second-order valence-corrected chi connectivity index (χ2v) is 2.32. The van der Waals surface area contributed by atoms with Crippen molar-refractivity contribution in [1.29, 1.82) is 5.26 Å². The summed E-state index contributed by atoms with van der Waals surface area (Å²) in [5, 5.41) is 8.08. The van der Waals surface area contributed by atoms with Crippen LogP contribution in [0.3, 0.4) is 0 Å². The first-order valence-electron chi connectivity index (χ1n) is 4.03. The Labute approximate surface area is 81.9 Å². The molecule has 0 aromatic carbocycles. The average Bonchev–Trinajstić information content (AvgIpc) is 2.13. The summed E-state index contributed by atoms with van der Waals surface area (Å²) in [5.74, 6) is -0.935. The lowest BCUT2D eigenvalue weighted by Gasteiger charge is -2.01. The van der Waals surface area contributed by atoms with E-state index in [1.807, 2.05) is 0 Å². The molecular formula is C9H11NO4. The summed E-state index contributed by atoms with van der Waals surface area (Å²) in [7, 11) is 0. The molecule has 0 aromatic heterocycles. The number of hydrogen-bond acceptors (Lipinski definition) is 5. The molecule has 0 aromatic rings. The Balaban J connectivity index is 3.37. The molecule has 0 bridgehead atoms. The van der Waals surface area contributed by atoms with Crippen LogP contribution in [-0.4, -0.2) is 25.2 Å². The molecular weight excluding hydrogens is 186 g/mol. The first kappa shape index (κ1) is 12.2.